The molecular formula is C21H16IN3O5S. The highest BCUT2D eigenvalue weighted by Crippen LogP contribution is 2.25. The Morgan fingerprint density at radius 3 is 2.55 bits per heavy atom. The third-order valence-corrected chi connectivity index (χ3v) is 5.47. The number of hydrogen-bond acceptors (Lipinski definition) is 6. The second kappa shape index (κ2) is 9.79. The van der Waals surface area contributed by atoms with Crippen molar-refractivity contribution in [2.75, 3.05) is 6.54 Å². The Hall–Kier alpha value is -3.12. The Bertz CT molecular complexity index is 1110. The van der Waals surface area contributed by atoms with E-state index in [1.54, 1.807) is 30.3 Å². The summed E-state index contributed by atoms with van der Waals surface area (Å²) in [5.41, 5.74) is 1.43. The number of amides is 2. The van der Waals surface area contributed by atoms with Crippen LogP contribution in [0.15, 0.2) is 60.7 Å². The number of carbonyl (C=O) groups is 2. The first kappa shape index (κ1) is 22.6. The van der Waals surface area contributed by atoms with Crippen LogP contribution in [-0.4, -0.2) is 33.3 Å². The van der Waals surface area contributed by atoms with Gasteiger partial charge in [0, 0.05) is 18.7 Å². The molecule has 3 rings (SSSR count). The van der Waals surface area contributed by atoms with Crippen molar-refractivity contribution in [2.45, 2.75) is 6.61 Å². The molecule has 1 aliphatic rings. The predicted molar refractivity (Wildman–Crippen MR) is 127 cm³/mol. The Morgan fingerprint density at radius 1 is 1.23 bits per heavy atom. The van der Waals surface area contributed by atoms with Crippen molar-refractivity contribution >= 4 is 63.5 Å². The molecule has 0 radical (unpaired) electrons. The minimum Gasteiger partial charge on any atom is -0.488 e. The molecule has 1 saturated heterocycles. The number of ether oxygens (including phenoxy) is 1. The fourth-order valence-corrected chi connectivity index (χ4v) is 3.70. The topological polar surface area (TPSA) is 102 Å². The van der Waals surface area contributed by atoms with E-state index in [4.69, 9.17) is 17.0 Å². The third kappa shape index (κ3) is 5.33. The van der Waals surface area contributed by atoms with Crippen molar-refractivity contribution in [2.24, 2.45) is 0 Å². The largest absolute Gasteiger partial charge is 0.488 e. The van der Waals surface area contributed by atoms with Crippen LogP contribution in [0.2, 0.25) is 0 Å². The van der Waals surface area contributed by atoms with Crippen molar-refractivity contribution in [3.05, 3.63) is 85.5 Å². The quantitative estimate of drug-likeness (QED) is 0.108. The number of nitro benzene ring substituents is 1. The highest BCUT2D eigenvalue weighted by atomic mass is 127. The number of non-ortho nitro benzene ring substituents is 1. The lowest BCUT2D eigenvalue weighted by molar-refractivity contribution is -0.384. The minimum absolute atomic E-state index is 0.0180. The number of hydrogen-bond donors (Lipinski definition) is 1. The fraction of sp³-hybridized carbons (Fsp3) is 0.0952. The third-order valence-electron chi connectivity index (χ3n) is 4.31. The molecule has 0 aromatic heterocycles. The van der Waals surface area contributed by atoms with Crippen LogP contribution < -0.4 is 10.1 Å². The Balaban J connectivity index is 1.74. The first-order valence-electron chi connectivity index (χ1n) is 8.95. The SMILES string of the molecule is C=CCN1C(=O)/C(=C/c2ccc(OCc3ccc([N+](=O)[O-])cc3)c(I)c2)C(=O)NC1=S. The highest BCUT2D eigenvalue weighted by molar-refractivity contribution is 14.1. The molecule has 158 valence electrons. The summed E-state index contributed by atoms with van der Waals surface area (Å²) in [6.07, 6.45) is 3.02. The maximum Gasteiger partial charge on any atom is 0.269 e. The van der Waals surface area contributed by atoms with E-state index in [0.717, 1.165) is 9.13 Å². The van der Waals surface area contributed by atoms with E-state index in [9.17, 15) is 19.7 Å². The van der Waals surface area contributed by atoms with Gasteiger partial charge in [0.15, 0.2) is 5.11 Å². The molecule has 0 bridgehead atoms. The summed E-state index contributed by atoms with van der Waals surface area (Å²) >= 11 is 7.13. The van der Waals surface area contributed by atoms with E-state index in [-0.39, 0.29) is 29.5 Å². The molecule has 0 spiro atoms. The van der Waals surface area contributed by atoms with Crippen molar-refractivity contribution in [3.8, 4) is 5.75 Å². The van der Waals surface area contributed by atoms with Gasteiger partial charge in [0.2, 0.25) is 0 Å². The first-order valence-corrected chi connectivity index (χ1v) is 10.4. The van der Waals surface area contributed by atoms with E-state index in [1.165, 1.54) is 29.2 Å². The monoisotopic (exact) mass is 549 g/mol. The molecule has 0 unspecified atom stereocenters. The first-order chi connectivity index (χ1) is 14.8. The van der Waals surface area contributed by atoms with E-state index in [1.807, 2.05) is 0 Å². The van der Waals surface area contributed by atoms with Gasteiger partial charge in [0.25, 0.3) is 17.5 Å². The van der Waals surface area contributed by atoms with Crippen LogP contribution in [0.3, 0.4) is 0 Å². The van der Waals surface area contributed by atoms with Gasteiger partial charge in [0.1, 0.15) is 17.9 Å². The van der Waals surface area contributed by atoms with Crippen LogP contribution >= 0.6 is 34.8 Å². The fourth-order valence-electron chi connectivity index (χ4n) is 2.75. The maximum atomic E-state index is 12.6. The summed E-state index contributed by atoms with van der Waals surface area (Å²) in [4.78, 5) is 36.4. The summed E-state index contributed by atoms with van der Waals surface area (Å²) in [6, 6.07) is 11.4. The Labute approximate surface area is 196 Å². The number of thiocarbonyl (C=S) groups is 1. The molecule has 1 aliphatic heterocycles. The van der Waals surface area contributed by atoms with E-state index >= 15 is 0 Å². The smallest absolute Gasteiger partial charge is 0.269 e. The molecular weight excluding hydrogens is 533 g/mol. The van der Waals surface area contributed by atoms with Gasteiger partial charge in [0.05, 0.1) is 8.49 Å². The Kier molecular flexibility index (Phi) is 7.13. The number of carbonyl (C=O) groups excluding carboxylic acids is 2. The number of halogens is 1. The number of nitrogens with zero attached hydrogens (tertiary/aromatic N) is 2. The zero-order valence-electron chi connectivity index (χ0n) is 16.0. The summed E-state index contributed by atoms with van der Waals surface area (Å²) in [5, 5.41) is 13.3. The predicted octanol–water partition coefficient (Wildman–Crippen LogP) is 3.59. The number of nitrogens with one attached hydrogen (secondary N) is 1. The summed E-state index contributed by atoms with van der Waals surface area (Å²) in [5.74, 6) is -0.430. The maximum absolute atomic E-state index is 12.6. The van der Waals surface area contributed by atoms with Gasteiger partial charge < -0.3 is 4.74 Å². The molecule has 2 amide bonds. The van der Waals surface area contributed by atoms with Crippen LogP contribution in [0.25, 0.3) is 6.08 Å². The minimum atomic E-state index is -0.552. The summed E-state index contributed by atoms with van der Waals surface area (Å²) < 4.78 is 6.57. The molecule has 2 aromatic rings. The molecule has 2 aromatic carbocycles. The van der Waals surface area contributed by atoms with Gasteiger partial charge in [-0.25, -0.2) is 0 Å². The lowest BCUT2D eigenvalue weighted by atomic mass is 10.1. The van der Waals surface area contributed by atoms with Crippen LogP contribution in [0, 0.1) is 13.7 Å². The molecule has 31 heavy (non-hydrogen) atoms. The summed E-state index contributed by atoms with van der Waals surface area (Å²) in [7, 11) is 0. The second-order valence-electron chi connectivity index (χ2n) is 6.42. The zero-order chi connectivity index (χ0) is 22.5. The van der Waals surface area contributed by atoms with E-state index in [0.29, 0.717) is 11.3 Å². The number of rotatable bonds is 7. The van der Waals surface area contributed by atoms with Crippen molar-refractivity contribution in [1.29, 1.82) is 0 Å². The lowest BCUT2D eigenvalue weighted by Gasteiger charge is -2.27. The van der Waals surface area contributed by atoms with Gasteiger partial charge >= 0.3 is 0 Å². The van der Waals surface area contributed by atoms with Crippen molar-refractivity contribution in [1.82, 2.24) is 10.2 Å². The van der Waals surface area contributed by atoms with Crippen LogP contribution in [0.4, 0.5) is 5.69 Å². The average Bonchev–Trinajstić information content (AvgIpc) is 2.74. The second-order valence-corrected chi connectivity index (χ2v) is 7.97. The molecule has 1 N–H and O–H groups in total. The normalized spacial score (nSPS) is 15.1. The molecule has 10 heteroatoms. The molecule has 0 saturated carbocycles. The zero-order valence-corrected chi connectivity index (χ0v) is 19.0. The molecule has 8 nitrogen and oxygen atoms in total. The Morgan fingerprint density at radius 2 is 1.94 bits per heavy atom. The van der Waals surface area contributed by atoms with E-state index < -0.39 is 16.7 Å². The molecule has 0 aliphatic carbocycles. The number of benzene rings is 2. The van der Waals surface area contributed by atoms with Crippen molar-refractivity contribution < 1.29 is 19.2 Å². The van der Waals surface area contributed by atoms with Gasteiger partial charge in [-0.1, -0.05) is 12.1 Å². The van der Waals surface area contributed by atoms with Crippen LogP contribution in [0.1, 0.15) is 11.1 Å². The lowest BCUT2D eigenvalue weighted by Crippen LogP contribution is -2.53. The number of nitro groups is 1. The molecule has 0 atom stereocenters. The molecule has 1 fully saturated rings. The standard InChI is InChI=1S/C21H16IN3O5S/c1-2-9-24-20(27)16(19(26)23-21(24)31)10-14-5-8-18(17(22)11-14)30-12-13-3-6-15(7-4-13)25(28)29/h2-8,10-11H,1,9,12H2,(H,23,26,31)/b16-10+. The van der Waals surface area contributed by atoms with Crippen LogP contribution in [0.5, 0.6) is 5.75 Å². The van der Waals surface area contributed by atoms with Crippen LogP contribution in [-0.2, 0) is 16.2 Å². The highest BCUT2D eigenvalue weighted by Gasteiger charge is 2.32. The summed E-state index contributed by atoms with van der Waals surface area (Å²) in [6.45, 7) is 4.03. The molecule has 1 heterocycles. The van der Waals surface area contributed by atoms with E-state index in [2.05, 4.69) is 34.5 Å². The van der Waals surface area contributed by atoms with Crippen molar-refractivity contribution in [3.63, 3.8) is 0 Å². The average molecular weight is 549 g/mol. The van der Waals surface area contributed by atoms with Gasteiger partial charge in [-0.3, -0.25) is 29.9 Å². The van der Waals surface area contributed by atoms with Gasteiger partial charge in [-0.15, -0.1) is 6.58 Å². The van der Waals surface area contributed by atoms with Gasteiger partial charge in [-0.2, -0.15) is 0 Å². The van der Waals surface area contributed by atoms with Gasteiger partial charge in [-0.05, 0) is 76.3 Å².